The largest absolute Gasteiger partial charge is 0.298 e. The Hall–Kier alpha value is -1.55. The van der Waals surface area contributed by atoms with Crippen LogP contribution in [-0.2, 0) is 0 Å². The van der Waals surface area contributed by atoms with Crippen LogP contribution < -0.4 is 0 Å². The molecule has 0 atom stereocenters. The zero-order chi connectivity index (χ0) is 9.10. The number of rotatable bonds is 2. The first-order valence-electron chi connectivity index (χ1n) is 3.73. The number of aromatic nitrogens is 2. The van der Waals surface area contributed by atoms with E-state index in [2.05, 4.69) is 8.75 Å². The summed E-state index contributed by atoms with van der Waals surface area (Å²) in [7, 11) is 0. The molecule has 0 aliphatic rings. The fourth-order valence-electron chi connectivity index (χ4n) is 1.06. The molecule has 13 heavy (non-hydrogen) atoms. The van der Waals surface area contributed by atoms with Crippen molar-refractivity contribution >= 4 is 18.0 Å². The summed E-state index contributed by atoms with van der Waals surface area (Å²) < 4.78 is 7.97. The normalized spacial score (nSPS) is 9.85. The molecule has 0 radical (unpaired) electrons. The van der Waals surface area contributed by atoms with Gasteiger partial charge in [-0.3, -0.25) is 4.79 Å². The smallest absolute Gasteiger partial charge is 0.150 e. The lowest BCUT2D eigenvalue weighted by Crippen LogP contribution is -1.81. The Morgan fingerprint density at radius 2 is 2.31 bits per heavy atom. The van der Waals surface area contributed by atoms with E-state index in [0.717, 1.165) is 29.3 Å². The zero-order valence-corrected chi connectivity index (χ0v) is 7.49. The van der Waals surface area contributed by atoms with Gasteiger partial charge in [0.15, 0.2) is 0 Å². The molecule has 1 aromatic carbocycles. The highest BCUT2D eigenvalue weighted by molar-refractivity contribution is 6.99. The standard InChI is InChI=1S/C9H6N2OS/c12-6-7-2-1-3-8(4-7)9-5-10-13-11-9/h1-6H. The summed E-state index contributed by atoms with van der Waals surface area (Å²) in [6, 6.07) is 7.29. The van der Waals surface area contributed by atoms with Crippen molar-refractivity contribution in [2.24, 2.45) is 0 Å². The second-order valence-electron chi connectivity index (χ2n) is 2.54. The summed E-state index contributed by atoms with van der Waals surface area (Å²) in [5.74, 6) is 0. The van der Waals surface area contributed by atoms with Crippen molar-refractivity contribution in [2.75, 3.05) is 0 Å². The molecular weight excluding hydrogens is 184 g/mol. The lowest BCUT2D eigenvalue weighted by Gasteiger charge is -1.95. The monoisotopic (exact) mass is 190 g/mol. The molecule has 0 N–H and O–H groups in total. The Labute approximate surface area is 79.4 Å². The van der Waals surface area contributed by atoms with E-state index in [1.165, 1.54) is 0 Å². The predicted octanol–water partition coefficient (Wildman–Crippen LogP) is 2.02. The fraction of sp³-hybridized carbons (Fsp3) is 0. The molecule has 0 amide bonds. The van der Waals surface area contributed by atoms with E-state index >= 15 is 0 Å². The number of nitrogens with zero attached hydrogens (tertiary/aromatic N) is 2. The molecule has 64 valence electrons. The van der Waals surface area contributed by atoms with E-state index in [1.807, 2.05) is 12.1 Å². The van der Waals surface area contributed by atoms with E-state index in [0.29, 0.717) is 5.56 Å². The number of benzene rings is 1. The molecule has 3 nitrogen and oxygen atoms in total. The van der Waals surface area contributed by atoms with Gasteiger partial charge in [-0.25, -0.2) is 0 Å². The quantitative estimate of drug-likeness (QED) is 0.680. The van der Waals surface area contributed by atoms with E-state index in [-0.39, 0.29) is 0 Å². The Balaban J connectivity index is 2.47. The highest BCUT2D eigenvalue weighted by atomic mass is 32.1. The molecule has 0 spiro atoms. The van der Waals surface area contributed by atoms with Gasteiger partial charge >= 0.3 is 0 Å². The molecule has 2 rings (SSSR count). The van der Waals surface area contributed by atoms with Crippen LogP contribution in [0.5, 0.6) is 0 Å². The minimum Gasteiger partial charge on any atom is -0.298 e. The summed E-state index contributed by atoms with van der Waals surface area (Å²) in [5.41, 5.74) is 2.40. The number of carbonyl (C=O) groups excluding carboxylic acids is 1. The minimum atomic E-state index is 0.658. The van der Waals surface area contributed by atoms with Gasteiger partial charge in [-0.1, -0.05) is 18.2 Å². The van der Waals surface area contributed by atoms with Crippen molar-refractivity contribution < 1.29 is 4.79 Å². The number of aldehydes is 1. The maximum Gasteiger partial charge on any atom is 0.150 e. The molecule has 0 saturated heterocycles. The summed E-state index contributed by atoms with van der Waals surface area (Å²) in [5, 5.41) is 0. The van der Waals surface area contributed by atoms with Crippen LogP contribution in [0.2, 0.25) is 0 Å². The SMILES string of the molecule is O=Cc1cccc(-c2cnsn2)c1. The van der Waals surface area contributed by atoms with Crippen molar-refractivity contribution in [1.29, 1.82) is 0 Å². The Morgan fingerprint density at radius 3 is 3.00 bits per heavy atom. The molecule has 1 aromatic heterocycles. The van der Waals surface area contributed by atoms with Gasteiger partial charge in [0.2, 0.25) is 0 Å². The van der Waals surface area contributed by atoms with Crippen molar-refractivity contribution in [2.45, 2.75) is 0 Å². The van der Waals surface area contributed by atoms with Gasteiger partial charge in [0.1, 0.15) is 12.0 Å². The minimum absolute atomic E-state index is 0.658. The second-order valence-corrected chi connectivity index (χ2v) is 3.09. The third-order valence-corrected chi connectivity index (χ3v) is 2.16. The fourth-order valence-corrected chi connectivity index (χ4v) is 1.50. The van der Waals surface area contributed by atoms with E-state index in [1.54, 1.807) is 18.3 Å². The molecule has 0 bridgehead atoms. The van der Waals surface area contributed by atoms with Crippen LogP contribution in [0.15, 0.2) is 30.5 Å². The van der Waals surface area contributed by atoms with Gasteiger partial charge in [-0.15, -0.1) is 0 Å². The molecule has 2 aromatic rings. The van der Waals surface area contributed by atoms with Crippen LogP contribution >= 0.6 is 11.7 Å². The van der Waals surface area contributed by atoms with Gasteiger partial charge in [0.25, 0.3) is 0 Å². The first-order valence-corrected chi connectivity index (χ1v) is 4.46. The molecule has 0 aliphatic heterocycles. The summed E-state index contributed by atoms with van der Waals surface area (Å²) in [4.78, 5) is 10.5. The number of carbonyl (C=O) groups is 1. The average Bonchev–Trinajstić information content (AvgIpc) is 2.71. The third-order valence-electron chi connectivity index (χ3n) is 1.68. The van der Waals surface area contributed by atoms with Gasteiger partial charge in [-0.2, -0.15) is 8.75 Å². The summed E-state index contributed by atoms with van der Waals surface area (Å²) >= 11 is 1.16. The van der Waals surface area contributed by atoms with Crippen molar-refractivity contribution in [3.63, 3.8) is 0 Å². The van der Waals surface area contributed by atoms with Crippen LogP contribution in [0, 0.1) is 0 Å². The first kappa shape index (κ1) is 8.07. The first-order chi connectivity index (χ1) is 6.40. The van der Waals surface area contributed by atoms with Crippen LogP contribution in [0.25, 0.3) is 11.3 Å². The van der Waals surface area contributed by atoms with E-state index < -0.39 is 0 Å². The van der Waals surface area contributed by atoms with Gasteiger partial charge < -0.3 is 0 Å². The lowest BCUT2D eigenvalue weighted by atomic mass is 10.1. The Kier molecular flexibility index (Phi) is 2.14. The maximum absolute atomic E-state index is 10.5. The number of hydrogen-bond donors (Lipinski definition) is 0. The van der Waals surface area contributed by atoms with Crippen LogP contribution in [0.1, 0.15) is 10.4 Å². The van der Waals surface area contributed by atoms with Crippen LogP contribution in [-0.4, -0.2) is 15.0 Å². The van der Waals surface area contributed by atoms with Crippen LogP contribution in [0.3, 0.4) is 0 Å². The predicted molar refractivity (Wildman–Crippen MR) is 50.7 cm³/mol. The maximum atomic E-state index is 10.5. The Morgan fingerprint density at radius 1 is 1.38 bits per heavy atom. The topological polar surface area (TPSA) is 42.9 Å². The molecule has 0 unspecified atom stereocenters. The molecular formula is C9H6N2OS. The van der Waals surface area contributed by atoms with Crippen molar-refractivity contribution in [3.05, 3.63) is 36.0 Å². The number of hydrogen-bond acceptors (Lipinski definition) is 4. The lowest BCUT2D eigenvalue weighted by molar-refractivity contribution is 0.112. The average molecular weight is 190 g/mol. The highest BCUT2D eigenvalue weighted by Gasteiger charge is 2.00. The molecule has 4 heteroatoms. The summed E-state index contributed by atoms with van der Waals surface area (Å²) in [6.07, 6.45) is 2.51. The van der Waals surface area contributed by atoms with Gasteiger partial charge in [0.05, 0.1) is 17.9 Å². The van der Waals surface area contributed by atoms with E-state index in [4.69, 9.17) is 0 Å². The summed E-state index contributed by atoms with van der Waals surface area (Å²) in [6.45, 7) is 0. The van der Waals surface area contributed by atoms with Gasteiger partial charge in [-0.05, 0) is 6.07 Å². The highest BCUT2D eigenvalue weighted by Crippen LogP contribution is 2.17. The van der Waals surface area contributed by atoms with Crippen molar-refractivity contribution in [3.8, 4) is 11.3 Å². The van der Waals surface area contributed by atoms with Crippen LogP contribution in [0.4, 0.5) is 0 Å². The van der Waals surface area contributed by atoms with Gasteiger partial charge in [0, 0.05) is 11.1 Å². The second kappa shape index (κ2) is 3.45. The van der Waals surface area contributed by atoms with E-state index in [9.17, 15) is 4.79 Å². The molecule has 0 saturated carbocycles. The molecule has 0 fully saturated rings. The third kappa shape index (κ3) is 1.62. The molecule has 1 heterocycles. The zero-order valence-electron chi connectivity index (χ0n) is 6.68. The van der Waals surface area contributed by atoms with Crippen molar-refractivity contribution in [1.82, 2.24) is 8.75 Å². The molecule has 0 aliphatic carbocycles. The Bertz CT molecular complexity index is 411.